The molecule has 100 valence electrons. The fourth-order valence-corrected chi connectivity index (χ4v) is 1.71. The topological polar surface area (TPSA) is 20.2 Å². The second kappa shape index (κ2) is 5.01. The molecule has 0 bridgehead atoms. The number of halogens is 4. The van der Waals surface area contributed by atoms with E-state index in [1.165, 1.54) is 19.1 Å². The highest BCUT2D eigenvalue weighted by Crippen LogP contribution is 2.27. The van der Waals surface area contributed by atoms with Gasteiger partial charge in [-0.25, -0.2) is 17.6 Å². The van der Waals surface area contributed by atoms with Gasteiger partial charge in [-0.2, -0.15) is 0 Å². The lowest BCUT2D eigenvalue weighted by Crippen LogP contribution is -2.06. The van der Waals surface area contributed by atoms with Gasteiger partial charge in [0.1, 0.15) is 11.9 Å². The Morgan fingerprint density at radius 3 is 2.21 bits per heavy atom. The first-order chi connectivity index (χ1) is 8.91. The molecule has 1 unspecified atom stereocenters. The number of rotatable bonds is 2. The Kier molecular flexibility index (Phi) is 3.57. The monoisotopic (exact) mass is 270 g/mol. The smallest absolute Gasteiger partial charge is 0.194 e. The van der Waals surface area contributed by atoms with Crippen LogP contribution in [0.4, 0.5) is 17.6 Å². The summed E-state index contributed by atoms with van der Waals surface area (Å²) in [5, 5.41) is 9.91. The maximum Gasteiger partial charge on any atom is 0.194 e. The van der Waals surface area contributed by atoms with Crippen molar-refractivity contribution in [2.75, 3.05) is 0 Å². The lowest BCUT2D eigenvalue weighted by atomic mass is 9.99. The van der Waals surface area contributed by atoms with Crippen LogP contribution in [0.3, 0.4) is 0 Å². The minimum Gasteiger partial charge on any atom is -0.384 e. The fraction of sp³-hybridized carbons (Fsp3) is 0.143. The Balaban J connectivity index is 2.47. The highest BCUT2D eigenvalue weighted by Gasteiger charge is 2.20. The number of aryl methyl sites for hydroxylation is 1. The average molecular weight is 270 g/mol. The third-order valence-electron chi connectivity index (χ3n) is 2.87. The second-order valence-electron chi connectivity index (χ2n) is 4.18. The predicted molar refractivity (Wildman–Crippen MR) is 61.5 cm³/mol. The van der Waals surface area contributed by atoms with Crippen LogP contribution >= 0.6 is 0 Å². The van der Waals surface area contributed by atoms with Crippen LogP contribution in [-0.2, 0) is 0 Å². The van der Waals surface area contributed by atoms with E-state index in [-0.39, 0.29) is 5.56 Å². The van der Waals surface area contributed by atoms with Crippen LogP contribution in [-0.4, -0.2) is 5.11 Å². The standard InChI is InChI=1S/C14H10F4O/c1-7-2-3-8(6-11(7)16)14(19)9-4-5-10(15)13(18)12(9)17/h2-6,14,19H,1H3. The summed E-state index contributed by atoms with van der Waals surface area (Å²) in [5.41, 5.74) is -0.0168. The van der Waals surface area contributed by atoms with E-state index in [2.05, 4.69) is 0 Å². The maximum atomic E-state index is 13.5. The Bertz CT molecular complexity index is 625. The van der Waals surface area contributed by atoms with Crippen LogP contribution in [0.25, 0.3) is 0 Å². The second-order valence-corrected chi connectivity index (χ2v) is 4.18. The molecule has 0 aliphatic rings. The minimum absolute atomic E-state index is 0.0630. The van der Waals surface area contributed by atoms with Crippen molar-refractivity contribution in [3.8, 4) is 0 Å². The molecule has 1 N–H and O–H groups in total. The highest BCUT2D eigenvalue weighted by atomic mass is 19.2. The zero-order valence-electron chi connectivity index (χ0n) is 9.92. The van der Waals surface area contributed by atoms with E-state index in [4.69, 9.17) is 0 Å². The van der Waals surface area contributed by atoms with Crippen LogP contribution in [0.5, 0.6) is 0 Å². The molecule has 0 saturated heterocycles. The Hall–Kier alpha value is -1.88. The van der Waals surface area contributed by atoms with Crippen LogP contribution < -0.4 is 0 Å². The SMILES string of the molecule is Cc1ccc(C(O)c2ccc(F)c(F)c2F)cc1F. The number of aliphatic hydroxyl groups excluding tert-OH is 1. The van der Waals surface area contributed by atoms with Crippen molar-refractivity contribution in [1.82, 2.24) is 0 Å². The van der Waals surface area contributed by atoms with Crippen LogP contribution in [0, 0.1) is 30.2 Å². The van der Waals surface area contributed by atoms with Gasteiger partial charge >= 0.3 is 0 Å². The van der Waals surface area contributed by atoms with Crippen molar-refractivity contribution >= 4 is 0 Å². The van der Waals surface area contributed by atoms with E-state index in [0.29, 0.717) is 11.6 Å². The van der Waals surface area contributed by atoms with Gasteiger partial charge in [0.2, 0.25) is 0 Å². The van der Waals surface area contributed by atoms with Gasteiger partial charge in [-0.3, -0.25) is 0 Å². The van der Waals surface area contributed by atoms with Gasteiger partial charge < -0.3 is 5.11 Å². The van der Waals surface area contributed by atoms with Crippen molar-refractivity contribution in [2.24, 2.45) is 0 Å². The Morgan fingerprint density at radius 2 is 1.58 bits per heavy atom. The fourth-order valence-electron chi connectivity index (χ4n) is 1.71. The van der Waals surface area contributed by atoms with Crippen molar-refractivity contribution in [1.29, 1.82) is 0 Å². The third-order valence-corrected chi connectivity index (χ3v) is 2.87. The largest absolute Gasteiger partial charge is 0.384 e. The Labute approximate surface area is 107 Å². The van der Waals surface area contributed by atoms with E-state index in [1.807, 2.05) is 0 Å². The van der Waals surface area contributed by atoms with Gasteiger partial charge in [0.25, 0.3) is 0 Å². The minimum atomic E-state index is -1.66. The maximum absolute atomic E-state index is 13.5. The molecule has 2 aromatic carbocycles. The molecule has 0 fully saturated rings. The molecule has 0 saturated carbocycles. The summed E-state index contributed by atoms with van der Waals surface area (Å²) in [6, 6.07) is 5.47. The van der Waals surface area contributed by atoms with Gasteiger partial charge in [0, 0.05) is 5.56 Å². The summed E-state index contributed by atoms with van der Waals surface area (Å²) in [5.74, 6) is -5.05. The first kappa shape index (κ1) is 13.5. The van der Waals surface area contributed by atoms with E-state index in [0.717, 1.165) is 12.1 Å². The Morgan fingerprint density at radius 1 is 0.895 bits per heavy atom. The molecule has 2 aromatic rings. The number of aliphatic hydroxyl groups is 1. The van der Waals surface area contributed by atoms with E-state index in [1.54, 1.807) is 0 Å². The molecule has 0 heterocycles. The average Bonchev–Trinajstić information content (AvgIpc) is 2.39. The lowest BCUT2D eigenvalue weighted by Gasteiger charge is -2.13. The van der Waals surface area contributed by atoms with Crippen molar-refractivity contribution in [2.45, 2.75) is 13.0 Å². The molecule has 0 radical (unpaired) electrons. The zero-order valence-corrected chi connectivity index (χ0v) is 9.92. The van der Waals surface area contributed by atoms with E-state index < -0.39 is 34.9 Å². The summed E-state index contributed by atoms with van der Waals surface area (Å²) in [4.78, 5) is 0. The molecule has 0 spiro atoms. The van der Waals surface area contributed by atoms with Gasteiger partial charge in [0.15, 0.2) is 17.5 Å². The third kappa shape index (κ3) is 2.46. The molecular weight excluding hydrogens is 260 g/mol. The quantitative estimate of drug-likeness (QED) is 0.652. The molecule has 1 nitrogen and oxygen atoms in total. The molecule has 2 rings (SSSR count). The highest BCUT2D eigenvalue weighted by molar-refractivity contribution is 5.33. The summed E-state index contributed by atoms with van der Waals surface area (Å²) in [7, 11) is 0. The first-order valence-corrected chi connectivity index (χ1v) is 5.49. The molecule has 5 heteroatoms. The van der Waals surface area contributed by atoms with Gasteiger partial charge in [0.05, 0.1) is 0 Å². The van der Waals surface area contributed by atoms with Crippen LogP contribution in [0.1, 0.15) is 22.8 Å². The summed E-state index contributed by atoms with van der Waals surface area (Å²) < 4.78 is 52.7. The molecule has 19 heavy (non-hydrogen) atoms. The summed E-state index contributed by atoms with van der Waals surface area (Å²) >= 11 is 0. The van der Waals surface area contributed by atoms with Gasteiger partial charge in [-0.15, -0.1) is 0 Å². The van der Waals surface area contributed by atoms with E-state index in [9.17, 15) is 22.7 Å². The number of hydrogen-bond donors (Lipinski definition) is 1. The summed E-state index contributed by atoms with van der Waals surface area (Å²) in [6.45, 7) is 1.53. The first-order valence-electron chi connectivity index (χ1n) is 5.49. The summed E-state index contributed by atoms with van der Waals surface area (Å²) in [6.07, 6.45) is -1.56. The zero-order chi connectivity index (χ0) is 14.2. The molecule has 0 amide bonds. The molecule has 0 aliphatic heterocycles. The van der Waals surface area contributed by atoms with Crippen LogP contribution in [0.15, 0.2) is 30.3 Å². The van der Waals surface area contributed by atoms with Gasteiger partial charge in [-0.05, 0) is 30.2 Å². The molecule has 0 aromatic heterocycles. The van der Waals surface area contributed by atoms with Crippen LogP contribution in [0.2, 0.25) is 0 Å². The number of hydrogen-bond acceptors (Lipinski definition) is 1. The normalized spacial score (nSPS) is 12.5. The van der Waals surface area contributed by atoms with Gasteiger partial charge in [-0.1, -0.05) is 18.2 Å². The lowest BCUT2D eigenvalue weighted by molar-refractivity contribution is 0.212. The molecule has 1 atom stereocenters. The van der Waals surface area contributed by atoms with Crippen molar-refractivity contribution < 1.29 is 22.7 Å². The van der Waals surface area contributed by atoms with E-state index >= 15 is 0 Å². The number of benzene rings is 2. The van der Waals surface area contributed by atoms with Crippen molar-refractivity contribution in [3.63, 3.8) is 0 Å². The predicted octanol–water partition coefficient (Wildman–Crippen LogP) is 3.63. The molecule has 0 aliphatic carbocycles. The molecular formula is C14H10F4O. The van der Waals surface area contributed by atoms with Crippen molar-refractivity contribution in [3.05, 3.63) is 70.3 Å².